The molecule has 2 heterocycles. The Hall–Kier alpha value is -2.93. The summed E-state index contributed by atoms with van der Waals surface area (Å²) in [4.78, 5) is 18.6. The minimum absolute atomic E-state index is 0.0197. The Morgan fingerprint density at radius 2 is 1.96 bits per heavy atom. The van der Waals surface area contributed by atoms with Crippen LogP contribution in [0.1, 0.15) is 11.5 Å². The third-order valence-corrected chi connectivity index (χ3v) is 5.15. The number of nitrogens with zero attached hydrogens (tertiary/aromatic N) is 3. The van der Waals surface area contributed by atoms with E-state index in [0.717, 1.165) is 16.3 Å². The average molecular weight is 381 g/mol. The molecule has 4 rings (SSSR count). The summed E-state index contributed by atoms with van der Waals surface area (Å²) in [6.45, 7) is 0.635. The van der Waals surface area contributed by atoms with Gasteiger partial charge in [0.05, 0.1) is 17.0 Å². The first-order valence-electron chi connectivity index (χ1n) is 8.48. The molecule has 0 saturated carbocycles. The molecule has 1 aliphatic heterocycles. The van der Waals surface area contributed by atoms with Gasteiger partial charge in [0, 0.05) is 18.4 Å². The molecule has 136 valence electrons. The fraction of sp³-hybridized carbons (Fsp3) is 0.150. The van der Waals surface area contributed by atoms with Crippen molar-refractivity contribution in [3.8, 4) is 11.4 Å². The second-order valence-electron chi connectivity index (χ2n) is 5.97. The van der Waals surface area contributed by atoms with Crippen molar-refractivity contribution in [2.24, 2.45) is 0 Å². The number of thioether (sulfide) groups is 1. The molecular formula is C20H16FN3O2S. The van der Waals surface area contributed by atoms with Crippen molar-refractivity contribution >= 4 is 23.7 Å². The quantitative estimate of drug-likeness (QED) is 0.684. The van der Waals surface area contributed by atoms with E-state index < -0.39 is 5.82 Å². The summed E-state index contributed by atoms with van der Waals surface area (Å²) in [5, 5.41) is 4.61. The lowest BCUT2D eigenvalue weighted by molar-refractivity contribution is -0.127. The molecular weight excluding hydrogens is 365 g/mol. The molecule has 0 radical (unpaired) electrons. The summed E-state index contributed by atoms with van der Waals surface area (Å²) >= 11 is 1.56. The topological polar surface area (TPSA) is 59.2 Å². The number of rotatable bonds is 4. The lowest BCUT2D eigenvalue weighted by Crippen LogP contribution is -2.28. The van der Waals surface area contributed by atoms with Gasteiger partial charge in [-0.2, -0.15) is 4.98 Å². The van der Waals surface area contributed by atoms with Gasteiger partial charge in [-0.3, -0.25) is 4.79 Å². The van der Waals surface area contributed by atoms with Gasteiger partial charge in [0.25, 0.3) is 5.89 Å². The van der Waals surface area contributed by atoms with Crippen molar-refractivity contribution in [3.05, 3.63) is 76.9 Å². The molecule has 1 aliphatic rings. The van der Waals surface area contributed by atoms with Crippen LogP contribution in [0.4, 0.5) is 4.39 Å². The number of carbonyl (C=O) groups is 1. The van der Waals surface area contributed by atoms with E-state index in [1.165, 1.54) is 6.07 Å². The van der Waals surface area contributed by atoms with Crippen molar-refractivity contribution < 1.29 is 13.7 Å². The van der Waals surface area contributed by atoms with Crippen LogP contribution in [0.5, 0.6) is 0 Å². The van der Waals surface area contributed by atoms with Crippen LogP contribution in [0, 0.1) is 5.82 Å². The molecule has 0 N–H and O–H groups in total. The maximum atomic E-state index is 13.9. The molecule has 0 unspecified atom stereocenters. The number of hydrogen-bond donors (Lipinski definition) is 0. The number of carbonyl (C=O) groups excluding carboxylic acids is 1. The second kappa shape index (κ2) is 7.75. The van der Waals surface area contributed by atoms with Gasteiger partial charge < -0.3 is 9.42 Å². The molecule has 1 aromatic heterocycles. The van der Waals surface area contributed by atoms with Crippen LogP contribution in [-0.2, 0) is 11.2 Å². The van der Waals surface area contributed by atoms with Crippen LogP contribution in [0.3, 0.4) is 0 Å². The highest BCUT2D eigenvalue weighted by molar-refractivity contribution is 8.03. The van der Waals surface area contributed by atoms with Gasteiger partial charge in [0.2, 0.25) is 11.7 Å². The molecule has 3 aromatic rings. The van der Waals surface area contributed by atoms with E-state index in [2.05, 4.69) is 10.1 Å². The molecule has 1 saturated heterocycles. The van der Waals surface area contributed by atoms with Crippen LogP contribution in [-0.4, -0.2) is 33.2 Å². The number of benzene rings is 2. The van der Waals surface area contributed by atoms with Gasteiger partial charge in [0.1, 0.15) is 5.82 Å². The first kappa shape index (κ1) is 17.5. The van der Waals surface area contributed by atoms with Crippen molar-refractivity contribution in [1.29, 1.82) is 0 Å². The largest absolute Gasteiger partial charge is 0.334 e. The molecule has 1 amide bonds. The summed E-state index contributed by atoms with van der Waals surface area (Å²) in [5.74, 6) is 0.847. The number of halogens is 1. The molecule has 7 heteroatoms. The zero-order valence-electron chi connectivity index (χ0n) is 14.3. The van der Waals surface area contributed by atoms with Crippen LogP contribution < -0.4 is 0 Å². The number of amides is 1. The summed E-state index contributed by atoms with van der Waals surface area (Å²) in [6, 6.07) is 15.9. The van der Waals surface area contributed by atoms with Gasteiger partial charge in [-0.05, 0) is 17.7 Å². The number of aromatic nitrogens is 2. The smallest absolute Gasteiger partial charge is 0.253 e. The summed E-state index contributed by atoms with van der Waals surface area (Å²) in [6.07, 6.45) is 2.01. The van der Waals surface area contributed by atoms with Crippen LogP contribution in [0.15, 0.2) is 64.1 Å². The summed E-state index contributed by atoms with van der Waals surface area (Å²) < 4.78 is 19.1. The summed E-state index contributed by atoms with van der Waals surface area (Å²) in [7, 11) is 0. The minimum Gasteiger partial charge on any atom is -0.334 e. The Balaban J connectivity index is 1.53. The van der Waals surface area contributed by atoms with Crippen molar-refractivity contribution in [2.45, 2.75) is 6.42 Å². The molecule has 0 atom stereocenters. The predicted octanol–water partition coefficient (Wildman–Crippen LogP) is 3.99. The third-order valence-electron chi connectivity index (χ3n) is 4.13. The highest BCUT2D eigenvalue weighted by atomic mass is 32.2. The van der Waals surface area contributed by atoms with E-state index in [1.807, 2.05) is 30.3 Å². The Bertz CT molecular complexity index is 988. The molecule has 27 heavy (non-hydrogen) atoms. The Labute approximate surface area is 159 Å². The molecule has 1 fully saturated rings. The predicted molar refractivity (Wildman–Crippen MR) is 102 cm³/mol. The van der Waals surface area contributed by atoms with E-state index in [4.69, 9.17) is 4.52 Å². The lowest BCUT2D eigenvalue weighted by atomic mass is 10.1. The Morgan fingerprint density at radius 3 is 2.78 bits per heavy atom. The van der Waals surface area contributed by atoms with E-state index in [1.54, 1.807) is 40.9 Å². The monoisotopic (exact) mass is 381 g/mol. The Kier molecular flexibility index (Phi) is 5.02. The standard InChI is InChI=1S/C20H16FN3O2S/c21-16-9-5-4-8-15(16)20-22-17(26-23-20)13-19-24(10-11-27-19)18(25)12-14-6-2-1-3-7-14/h1-9,13H,10-12H2/b19-13+. The van der Waals surface area contributed by atoms with Gasteiger partial charge in [-0.1, -0.05) is 47.6 Å². The first-order valence-corrected chi connectivity index (χ1v) is 9.46. The fourth-order valence-corrected chi connectivity index (χ4v) is 3.83. The van der Waals surface area contributed by atoms with E-state index >= 15 is 0 Å². The maximum absolute atomic E-state index is 13.9. The fourth-order valence-electron chi connectivity index (χ4n) is 2.81. The minimum atomic E-state index is -0.410. The molecule has 0 aliphatic carbocycles. The van der Waals surface area contributed by atoms with Crippen LogP contribution >= 0.6 is 11.8 Å². The summed E-state index contributed by atoms with van der Waals surface area (Å²) in [5.41, 5.74) is 1.25. The van der Waals surface area contributed by atoms with Crippen molar-refractivity contribution in [3.63, 3.8) is 0 Å². The Morgan fingerprint density at radius 1 is 1.19 bits per heavy atom. The van der Waals surface area contributed by atoms with E-state index in [-0.39, 0.29) is 23.2 Å². The average Bonchev–Trinajstić information content (AvgIpc) is 3.33. The van der Waals surface area contributed by atoms with Gasteiger partial charge in [-0.25, -0.2) is 4.39 Å². The van der Waals surface area contributed by atoms with E-state index in [9.17, 15) is 9.18 Å². The van der Waals surface area contributed by atoms with E-state index in [0.29, 0.717) is 13.0 Å². The van der Waals surface area contributed by atoms with Gasteiger partial charge in [0.15, 0.2) is 0 Å². The zero-order chi connectivity index (χ0) is 18.6. The normalized spacial score (nSPS) is 15.4. The zero-order valence-corrected chi connectivity index (χ0v) is 15.2. The molecule has 0 spiro atoms. The highest BCUT2D eigenvalue weighted by Gasteiger charge is 2.25. The van der Waals surface area contributed by atoms with Crippen molar-refractivity contribution in [2.75, 3.05) is 12.3 Å². The molecule has 5 nitrogen and oxygen atoms in total. The number of hydrogen-bond acceptors (Lipinski definition) is 5. The van der Waals surface area contributed by atoms with Crippen molar-refractivity contribution in [1.82, 2.24) is 15.0 Å². The lowest BCUT2D eigenvalue weighted by Gasteiger charge is -2.16. The second-order valence-corrected chi connectivity index (χ2v) is 7.09. The highest BCUT2D eigenvalue weighted by Crippen LogP contribution is 2.30. The van der Waals surface area contributed by atoms with Crippen LogP contribution in [0.2, 0.25) is 0 Å². The van der Waals surface area contributed by atoms with Gasteiger partial charge in [-0.15, -0.1) is 11.8 Å². The molecule has 0 bridgehead atoms. The van der Waals surface area contributed by atoms with Crippen LogP contribution in [0.25, 0.3) is 17.5 Å². The third kappa shape index (κ3) is 3.93. The van der Waals surface area contributed by atoms with Gasteiger partial charge >= 0.3 is 0 Å². The first-order chi connectivity index (χ1) is 13.2. The SMILES string of the molecule is O=C(Cc1ccccc1)N1CCS/C1=C/c1nc(-c2ccccc2F)no1. The maximum Gasteiger partial charge on any atom is 0.253 e. The molecule has 2 aromatic carbocycles.